The summed E-state index contributed by atoms with van der Waals surface area (Å²) in [5.74, 6) is -1.21. The van der Waals surface area contributed by atoms with Crippen molar-refractivity contribution in [2.45, 2.75) is 19.8 Å². The van der Waals surface area contributed by atoms with Gasteiger partial charge in [-0.05, 0) is 24.1 Å². The van der Waals surface area contributed by atoms with Crippen LogP contribution in [0.1, 0.15) is 30.1 Å². The van der Waals surface area contributed by atoms with Gasteiger partial charge in [0.1, 0.15) is 0 Å². The molecule has 0 aliphatic heterocycles. The molecule has 4 heteroatoms. The number of aromatic carboxylic acids is 1. The number of hydrogen-bond acceptors (Lipinski definition) is 2. The van der Waals surface area contributed by atoms with E-state index in [0.717, 1.165) is 0 Å². The van der Waals surface area contributed by atoms with E-state index in [4.69, 9.17) is 11.6 Å². The van der Waals surface area contributed by atoms with Gasteiger partial charge < -0.3 is 15.2 Å². The highest BCUT2D eigenvalue weighted by molar-refractivity contribution is 6.30. The zero-order valence-corrected chi connectivity index (χ0v) is 10.5. The summed E-state index contributed by atoms with van der Waals surface area (Å²) in [6, 6.07) is 5.94. The van der Waals surface area contributed by atoms with Gasteiger partial charge in [-0.15, -0.1) is 0 Å². The van der Waals surface area contributed by atoms with Crippen LogP contribution < -0.4 is 10.4 Å². The van der Waals surface area contributed by atoms with Crippen LogP contribution in [0.3, 0.4) is 0 Å². The molecule has 16 heavy (non-hydrogen) atoms. The molecule has 0 amide bonds. The monoisotopic (exact) mass is 243 g/mol. The molecule has 0 saturated heterocycles. The smallest absolute Gasteiger partial charge is 0.0753 e. The van der Waals surface area contributed by atoms with Crippen LogP contribution in [-0.4, -0.2) is 19.6 Å². The van der Waals surface area contributed by atoms with Crippen molar-refractivity contribution in [2.24, 2.45) is 0 Å². The predicted molar refractivity (Wildman–Crippen MR) is 63.4 cm³/mol. The summed E-state index contributed by atoms with van der Waals surface area (Å²) in [5, 5.41) is 12.8. The Balaban J connectivity index is 0.000000325. The van der Waals surface area contributed by atoms with Gasteiger partial charge in [0, 0.05) is 5.02 Å². The SMILES string of the molecule is CCCC[NH2+]C.O=C([O-])c1cccc(Cl)c1. The Hall–Kier alpha value is -1.06. The summed E-state index contributed by atoms with van der Waals surface area (Å²) in [6.07, 6.45) is 2.68. The van der Waals surface area contributed by atoms with Crippen molar-refractivity contribution in [1.82, 2.24) is 0 Å². The predicted octanol–water partition coefficient (Wildman–Crippen LogP) is 0.683. The van der Waals surface area contributed by atoms with Gasteiger partial charge >= 0.3 is 0 Å². The summed E-state index contributed by atoms with van der Waals surface area (Å²) in [6.45, 7) is 3.50. The first-order chi connectivity index (χ1) is 7.61. The Labute approximate surface area is 101 Å². The van der Waals surface area contributed by atoms with Crippen LogP contribution in [0.4, 0.5) is 0 Å². The molecule has 0 radical (unpaired) electrons. The molecule has 0 aliphatic carbocycles. The first kappa shape index (κ1) is 14.9. The summed E-state index contributed by atoms with van der Waals surface area (Å²) >= 11 is 5.50. The fourth-order valence-corrected chi connectivity index (χ4v) is 1.21. The lowest BCUT2D eigenvalue weighted by molar-refractivity contribution is -0.627. The van der Waals surface area contributed by atoms with Gasteiger partial charge in [0.15, 0.2) is 0 Å². The fraction of sp³-hybridized carbons (Fsp3) is 0.417. The highest BCUT2D eigenvalue weighted by Gasteiger charge is 1.91. The molecule has 3 nitrogen and oxygen atoms in total. The van der Waals surface area contributed by atoms with Crippen LogP contribution in [0.2, 0.25) is 5.02 Å². The van der Waals surface area contributed by atoms with Crippen LogP contribution in [-0.2, 0) is 0 Å². The molecule has 90 valence electrons. The summed E-state index contributed by atoms with van der Waals surface area (Å²) in [4.78, 5) is 10.2. The summed E-state index contributed by atoms with van der Waals surface area (Å²) in [5.41, 5.74) is 0.104. The van der Waals surface area contributed by atoms with Gasteiger partial charge in [0.2, 0.25) is 0 Å². The number of hydrogen-bond donors (Lipinski definition) is 1. The Morgan fingerprint density at radius 3 is 2.50 bits per heavy atom. The highest BCUT2D eigenvalue weighted by Crippen LogP contribution is 2.09. The Morgan fingerprint density at radius 2 is 2.19 bits per heavy atom. The van der Waals surface area contributed by atoms with Crippen LogP contribution in [0.15, 0.2) is 24.3 Å². The molecule has 0 saturated carbocycles. The number of carbonyl (C=O) groups is 1. The third-order valence-electron chi connectivity index (χ3n) is 1.91. The standard InChI is InChI=1S/C7H5ClO2.C5H13N/c8-6-3-1-2-5(4-6)7(9)10;1-3-4-5-6-2/h1-4H,(H,9,10);6H,3-5H2,1-2H3. The van der Waals surface area contributed by atoms with Crippen molar-refractivity contribution in [3.8, 4) is 0 Å². The van der Waals surface area contributed by atoms with Gasteiger partial charge in [-0.3, -0.25) is 0 Å². The van der Waals surface area contributed by atoms with Crippen molar-refractivity contribution < 1.29 is 15.2 Å². The summed E-state index contributed by atoms with van der Waals surface area (Å²) in [7, 11) is 2.11. The van der Waals surface area contributed by atoms with Gasteiger partial charge in [0.25, 0.3) is 0 Å². The minimum absolute atomic E-state index is 0.104. The molecular formula is C12H18ClNO2. The number of carboxylic acids is 1. The first-order valence-electron chi connectivity index (χ1n) is 5.36. The van der Waals surface area contributed by atoms with Crippen molar-refractivity contribution in [2.75, 3.05) is 13.6 Å². The zero-order chi connectivity index (χ0) is 12.4. The second-order valence-corrected chi connectivity index (χ2v) is 3.78. The quantitative estimate of drug-likeness (QED) is 0.791. The number of unbranched alkanes of at least 4 members (excludes halogenated alkanes) is 1. The third kappa shape index (κ3) is 7.26. The second kappa shape index (κ2) is 9.19. The fourth-order valence-electron chi connectivity index (χ4n) is 1.02. The minimum Gasteiger partial charge on any atom is -0.545 e. The molecule has 1 rings (SSSR count). The Kier molecular flexibility index (Phi) is 8.58. The van der Waals surface area contributed by atoms with E-state index in [9.17, 15) is 9.90 Å². The molecule has 0 spiro atoms. The average Bonchev–Trinajstić information content (AvgIpc) is 2.27. The number of rotatable bonds is 4. The van der Waals surface area contributed by atoms with Crippen molar-refractivity contribution >= 4 is 17.6 Å². The van der Waals surface area contributed by atoms with E-state index in [-0.39, 0.29) is 5.56 Å². The topological polar surface area (TPSA) is 56.7 Å². The van der Waals surface area contributed by atoms with E-state index in [1.807, 2.05) is 0 Å². The Morgan fingerprint density at radius 1 is 1.50 bits per heavy atom. The van der Waals surface area contributed by atoms with E-state index < -0.39 is 5.97 Å². The van der Waals surface area contributed by atoms with Crippen LogP contribution in [0, 0.1) is 0 Å². The summed E-state index contributed by atoms with van der Waals surface area (Å²) < 4.78 is 0. The number of quaternary nitrogens is 1. The van der Waals surface area contributed by atoms with Crippen LogP contribution in [0.5, 0.6) is 0 Å². The number of nitrogens with two attached hydrogens (primary N) is 1. The molecule has 0 unspecified atom stereocenters. The van der Waals surface area contributed by atoms with Gasteiger partial charge in [-0.1, -0.05) is 37.1 Å². The van der Waals surface area contributed by atoms with Crippen molar-refractivity contribution in [3.63, 3.8) is 0 Å². The first-order valence-corrected chi connectivity index (χ1v) is 5.74. The molecule has 0 heterocycles. The van der Waals surface area contributed by atoms with Gasteiger partial charge in [-0.2, -0.15) is 0 Å². The molecule has 0 fully saturated rings. The number of halogens is 1. The normalized spacial score (nSPS) is 9.19. The third-order valence-corrected chi connectivity index (χ3v) is 2.14. The molecule has 1 aromatic carbocycles. The molecule has 2 N–H and O–H groups in total. The maximum absolute atomic E-state index is 10.2. The largest absolute Gasteiger partial charge is 0.545 e. The zero-order valence-electron chi connectivity index (χ0n) is 9.70. The highest BCUT2D eigenvalue weighted by atomic mass is 35.5. The second-order valence-electron chi connectivity index (χ2n) is 3.35. The van der Waals surface area contributed by atoms with Gasteiger partial charge in [-0.25, -0.2) is 0 Å². The molecule has 0 aliphatic rings. The molecule has 0 bridgehead atoms. The van der Waals surface area contributed by atoms with E-state index in [1.165, 1.54) is 31.5 Å². The maximum Gasteiger partial charge on any atom is 0.0753 e. The number of benzene rings is 1. The van der Waals surface area contributed by atoms with E-state index in [1.54, 1.807) is 12.1 Å². The van der Waals surface area contributed by atoms with Crippen LogP contribution in [0.25, 0.3) is 0 Å². The number of carboxylic acid groups (broad SMARTS) is 1. The van der Waals surface area contributed by atoms with Crippen LogP contribution >= 0.6 is 11.6 Å². The minimum atomic E-state index is -1.21. The lowest BCUT2D eigenvalue weighted by Crippen LogP contribution is -2.79. The van der Waals surface area contributed by atoms with Crippen molar-refractivity contribution in [3.05, 3.63) is 34.9 Å². The molecule has 0 atom stereocenters. The average molecular weight is 244 g/mol. The van der Waals surface area contributed by atoms with Crippen molar-refractivity contribution in [1.29, 1.82) is 0 Å². The maximum atomic E-state index is 10.2. The number of carbonyl (C=O) groups excluding carboxylic acids is 1. The van der Waals surface area contributed by atoms with Gasteiger partial charge in [0.05, 0.1) is 19.6 Å². The Bertz CT molecular complexity index is 312. The van der Waals surface area contributed by atoms with E-state index in [2.05, 4.69) is 19.3 Å². The molecular weight excluding hydrogens is 226 g/mol. The van der Waals surface area contributed by atoms with E-state index >= 15 is 0 Å². The lowest BCUT2D eigenvalue weighted by Gasteiger charge is -2.00. The lowest BCUT2D eigenvalue weighted by atomic mass is 10.2. The molecule has 1 aromatic rings. The molecule has 0 aromatic heterocycles. The van der Waals surface area contributed by atoms with E-state index in [0.29, 0.717) is 5.02 Å².